The number of halogens is 1. The minimum absolute atomic E-state index is 0.0900. The van der Waals surface area contributed by atoms with Gasteiger partial charge in [-0.1, -0.05) is 54.4 Å². The van der Waals surface area contributed by atoms with Crippen LogP contribution in [0.1, 0.15) is 53.8 Å². The third-order valence-electron chi connectivity index (χ3n) is 6.95. The predicted molar refractivity (Wildman–Crippen MR) is 156 cm³/mol. The molecule has 0 spiro atoms. The number of carbonyl (C=O) groups excluding carboxylic acids is 1. The molecule has 38 heavy (non-hydrogen) atoms. The highest BCUT2D eigenvalue weighted by atomic mass is 35.5. The lowest BCUT2D eigenvalue weighted by Crippen LogP contribution is -2.26. The molecule has 0 aliphatic carbocycles. The Morgan fingerprint density at radius 1 is 0.921 bits per heavy atom. The molecule has 0 saturated heterocycles. The van der Waals surface area contributed by atoms with E-state index < -0.39 is 0 Å². The number of rotatable bonds is 13. The van der Waals surface area contributed by atoms with Crippen LogP contribution in [0.4, 0.5) is 0 Å². The van der Waals surface area contributed by atoms with Crippen LogP contribution in [0.5, 0.6) is 5.75 Å². The van der Waals surface area contributed by atoms with Gasteiger partial charge in [-0.15, -0.1) is 0 Å². The number of aromatic nitrogens is 2. The Labute approximate surface area is 231 Å². The van der Waals surface area contributed by atoms with Crippen molar-refractivity contribution in [1.29, 1.82) is 0 Å². The van der Waals surface area contributed by atoms with Crippen molar-refractivity contribution in [2.45, 2.75) is 65.8 Å². The zero-order valence-electron chi connectivity index (χ0n) is 22.7. The fourth-order valence-electron chi connectivity index (χ4n) is 4.82. The van der Waals surface area contributed by atoms with Gasteiger partial charge in [-0.3, -0.25) is 4.79 Å². The van der Waals surface area contributed by atoms with Crippen LogP contribution in [0.2, 0.25) is 5.02 Å². The second-order valence-corrected chi connectivity index (χ2v) is 10.4. The number of carbonyl (C=O) groups is 1. The van der Waals surface area contributed by atoms with Gasteiger partial charge in [0, 0.05) is 24.5 Å². The average Bonchev–Trinajstić information content (AvgIpc) is 3.25. The third kappa shape index (κ3) is 7.38. The number of amides is 1. The molecule has 200 valence electrons. The monoisotopic (exact) mass is 531 g/mol. The van der Waals surface area contributed by atoms with Crippen molar-refractivity contribution in [2.75, 3.05) is 13.2 Å². The van der Waals surface area contributed by atoms with Gasteiger partial charge in [0.15, 0.2) is 0 Å². The Morgan fingerprint density at radius 3 is 2.45 bits per heavy atom. The van der Waals surface area contributed by atoms with Crippen molar-refractivity contribution >= 4 is 28.5 Å². The molecule has 1 heterocycles. The number of hydrogen-bond acceptors (Lipinski definition) is 3. The summed E-state index contributed by atoms with van der Waals surface area (Å²) in [6.07, 6.45) is 5.30. The summed E-state index contributed by atoms with van der Waals surface area (Å²) in [5, 5.41) is 3.87. The van der Waals surface area contributed by atoms with Gasteiger partial charge in [0.1, 0.15) is 11.6 Å². The number of fused-ring (bicyclic) bond motifs is 1. The predicted octanol–water partition coefficient (Wildman–Crippen LogP) is 7.16. The van der Waals surface area contributed by atoms with Crippen LogP contribution >= 0.6 is 11.6 Å². The van der Waals surface area contributed by atoms with Crippen LogP contribution in [0.3, 0.4) is 0 Å². The molecule has 4 rings (SSSR count). The van der Waals surface area contributed by atoms with Gasteiger partial charge < -0.3 is 14.6 Å². The molecule has 0 saturated carbocycles. The highest BCUT2D eigenvalue weighted by Gasteiger charge is 2.11. The van der Waals surface area contributed by atoms with Gasteiger partial charge in [0.05, 0.1) is 24.1 Å². The molecule has 6 heteroatoms. The molecule has 0 bridgehead atoms. The largest absolute Gasteiger partial charge is 0.494 e. The molecular formula is C32H38ClN3O2. The molecule has 0 aliphatic heterocycles. The van der Waals surface area contributed by atoms with Gasteiger partial charge in [-0.2, -0.15) is 0 Å². The number of aryl methyl sites for hydroxylation is 5. The van der Waals surface area contributed by atoms with Gasteiger partial charge in [0.2, 0.25) is 5.91 Å². The zero-order chi connectivity index (χ0) is 26.9. The minimum Gasteiger partial charge on any atom is -0.494 e. The lowest BCUT2D eigenvalue weighted by atomic mass is 10.1. The van der Waals surface area contributed by atoms with Crippen LogP contribution in [-0.2, 0) is 24.2 Å². The molecule has 0 unspecified atom stereocenters. The number of para-hydroxylation sites is 2. The first-order valence-electron chi connectivity index (χ1n) is 13.6. The SMILES string of the molecule is Cc1ccccc1CC(=O)NCCCCCc1nc2ccccc2n1CCCOc1cc(C)c(Cl)c(C)c1. The Hall–Kier alpha value is -3.31. The van der Waals surface area contributed by atoms with E-state index in [2.05, 4.69) is 28.1 Å². The van der Waals surface area contributed by atoms with Crippen molar-refractivity contribution < 1.29 is 9.53 Å². The quantitative estimate of drug-likeness (QED) is 0.186. The summed E-state index contributed by atoms with van der Waals surface area (Å²) in [7, 11) is 0. The highest BCUT2D eigenvalue weighted by molar-refractivity contribution is 6.32. The first kappa shape index (κ1) is 27.7. The minimum atomic E-state index is 0.0900. The van der Waals surface area contributed by atoms with Crippen molar-refractivity contribution in [3.63, 3.8) is 0 Å². The van der Waals surface area contributed by atoms with Crippen LogP contribution < -0.4 is 10.1 Å². The van der Waals surface area contributed by atoms with Crippen molar-refractivity contribution in [2.24, 2.45) is 0 Å². The smallest absolute Gasteiger partial charge is 0.224 e. The first-order valence-corrected chi connectivity index (χ1v) is 13.9. The van der Waals surface area contributed by atoms with E-state index in [4.69, 9.17) is 21.3 Å². The van der Waals surface area contributed by atoms with E-state index in [0.717, 1.165) is 83.0 Å². The number of nitrogens with one attached hydrogen (secondary N) is 1. The zero-order valence-corrected chi connectivity index (χ0v) is 23.5. The third-order valence-corrected chi connectivity index (χ3v) is 7.55. The molecule has 0 aliphatic rings. The number of nitrogens with zero attached hydrogens (tertiary/aromatic N) is 2. The van der Waals surface area contributed by atoms with E-state index in [9.17, 15) is 4.79 Å². The molecule has 4 aromatic rings. The maximum Gasteiger partial charge on any atom is 0.224 e. The van der Waals surface area contributed by atoms with Crippen LogP contribution in [0.15, 0.2) is 60.7 Å². The highest BCUT2D eigenvalue weighted by Crippen LogP contribution is 2.26. The van der Waals surface area contributed by atoms with Crippen molar-refractivity contribution in [3.8, 4) is 5.75 Å². The Balaban J connectivity index is 1.23. The molecular weight excluding hydrogens is 494 g/mol. The molecule has 0 fully saturated rings. The van der Waals surface area contributed by atoms with Crippen LogP contribution in [0, 0.1) is 20.8 Å². The number of benzene rings is 3. The summed E-state index contributed by atoms with van der Waals surface area (Å²) in [6.45, 7) is 8.26. The molecule has 1 amide bonds. The number of hydrogen-bond donors (Lipinski definition) is 1. The molecule has 3 aromatic carbocycles. The molecule has 0 radical (unpaired) electrons. The van der Waals surface area contributed by atoms with E-state index in [1.54, 1.807) is 0 Å². The van der Waals surface area contributed by atoms with E-state index >= 15 is 0 Å². The molecule has 1 aromatic heterocycles. The number of unbranched alkanes of at least 4 members (excludes halogenated alkanes) is 2. The van der Waals surface area contributed by atoms with Crippen LogP contribution in [-0.4, -0.2) is 28.6 Å². The molecule has 1 N–H and O–H groups in total. The maximum atomic E-state index is 12.3. The van der Waals surface area contributed by atoms with Gasteiger partial charge in [-0.25, -0.2) is 4.98 Å². The number of imidazole rings is 1. The van der Waals surface area contributed by atoms with E-state index in [0.29, 0.717) is 19.6 Å². The normalized spacial score (nSPS) is 11.2. The summed E-state index contributed by atoms with van der Waals surface area (Å²) in [4.78, 5) is 17.2. The van der Waals surface area contributed by atoms with Gasteiger partial charge in [-0.05, 0) is 86.6 Å². The summed E-state index contributed by atoms with van der Waals surface area (Å²) < 4.78 is 8.37. The summed E-state index contributed by atoms with van der Waals surface area (Å²) in [5.74, 6) is 2.08. The first-order chi connectivity index (χ1) is 18.4. The standard InChI is InChI=1S/C32H38ClN3O2/c1-23-12-6-7-13-26(23)22-31(37)34-17-10-4-5-16-30-35-28-14-8-9-15-29(28)36(30)18-11-19-38-27-20-24(2)32(33)25(3)21-27/h6-9,12-15,20-21H,4-5,10-11,16-19,22H2,1-3H3,(H,34,37). The topological polar surface area (TPSA) is 56.2 Å². The average molecular weight is 532 g/mol. The van der Waals surface area contributed by atoms with Crippen molar-refractivity contribution in [1.82, 2.24) is 14.9 Å². The second-order valence-electron chi connectivity index (χ2n) is 10.0. The summed E-state index contributed by atoms with van der Waals surface area (Å²) in [5.41, 5.74) is 6.53. The maximum absolute atomic E-state index is 12.3. The Morgan fingerprint density at radius 2 is 1.66 bits per heavy atom. The van der Waals surface area contributed by atoms with Crippen molar-refractivity contribution in [3.05, 3.63) is 93.8 Å². The number of ether oxygens (including phenoxy) is 1. The summed E-state index contributed by atoms with van der Waals surface area (Å²) >= 11 is 6.29. The Kier molecular flexibility index (Phi) is 9.83. The molecule has 0 atom stereocenters. The van der Waals surface area contributed by atoms with E-state index in [1.807, 2.05) is 63.2 Å². The van der Waals surface area contributed by atoms with E-state index in [-0.39, 0.29) is 5.91 Å². The van der Waals surface area contributed by atoms with Gasteiger partial charge in [0.25, 0.3) is 0 Å². The lowest BCUT2D eigenvalue weighted by molar-refractivity contribution is -0.120. The van der Waals surface area contributed by atoms with Crippen LogP contribution in [0.25, 0.3) is 11.0 Å². The summed E-state index contributed by atoms with van der Waals surface area (Å²) in [6, 6.07) is 20.4. The second kappa shape index (κ2) is 13.5. The fourth-order valence-corrected chi connectivity index (χ4v) is 4.93. The fraction of sp³-hybridized carbons (Fsp3) is 0.375. The van der Waals surface area contributed by atoms with Gasteiger partial charge >= 0.3 is 0 Å². The molecule has 5 nitrogen and oxygen atoms in total. The lowest BCUT2D eigenvalue weighted by Gasteiger charge is -2.12. The van der Waals surface area contributed by atoms with E-state index in [1.165, 1.54) is 5.52 Å². The Bertz CT molecular complexity index is 1360.